The number of hydrogen-bond donors (Lipinski definition) is 0. The van der Waals surface area contributed by atoms with Gasteiger partial charge in [-0.2, -0.15) is 0 Å². The van der Waals surface area contributed by atoms with Crippen LogP contribution in [-0.4, -0.2) is 47.9 Å². The molecule has 0 radical (unpaired) electrons. The Labute approximate surface area is 135 Å². The Morgan fingerprint density at radius 1 is 1.22 bits per heavy atom. The molecule has 1 aliphatic rings. The van der Waals surface area contributed by atoms with Gasteiger partial charge in [0.1, 0.15) is 11.6 Å². The number of anilines is 1. The molecule has 2 heterocycles. The summed E-state index contributed by atoms with van der Waals surface area (Å²) in [6.45, 7) is 4.98. The van der Waals surface area contributed by atoms with Crippen LogP contribution in [0.15, 0.2) is 48.7 Å². The van der Waals surface area contributed by atoms with Crippen molar-refractivity contribution in [1.82, 2.24) is 9.88 Å². The van der Waals surface area contributed by atoms with E-state index in [9.17, 15) is 9.18 Å². The minimum atomic E-state index is -0.320. The average Bonchev–Trinajstić information content (AvgIpc) is 2.58. The van der Waals surface area contributed by atoms with E-state index in [1.54, 1.807) is 18.3 Å². The zero-order valence-electron chi connectivity index (χ0n) is 13.2. The largest absolute Gasteiger partial charge is 0.354 e. The molecule has 0 aliphatic carbocycles. The number of rotatable bonds is 4. The highest BCUT2D eigenvalue weighted by molar-refractivity contribution is 5.97. The first-order valence-electron chi connectivity index (χ1n) is 7.82. The summed E-state index contributed by atoms with van der Waals surface area (Å²) in [7, 11) is 0. The van der Waals surface area contributed by atoms with Crippen molar-refractivity contribution >= 4 is 11.6 Å². The van der Waals surface area contributed by atoms with E-state index in [1.165, 1.54) is 12.1 Å². The van der Waals surface area contributed by atoms with Gasteiger partial charge in [0.05, 0.1) is 6.54 Å². The molecule has 2 aromatic rings. The Balaban J connectivity index is 1.60. The Hall–Kier alpha value is -2.27. The molecule has 5 heteroatoms. The van der Waals surface area contributed by atoms with E-state index in [0.717, 1.165) is 25.5 Å². The Bertz CT molecular complexity index is 660. The quantitative estimate of drug-likeness (QED) is 0.813. The highest BCUT2D eigenvalue weighted by Gasteiger charge is 2.26. The fourth-order valence-electron chi connectivity index (χ4n) is 2.89. The Morgan fingerprint density at radius 2 is 2.00 bits per heavy atom. The summed E-state index contributed by atoms with van der Waals surface area (Å²) < 4.78 is 12.9. The lowest BCUT2D eigenvalue weighted by atomic mass is 10.1. The minimum Gasteiger partial charge on any atom is -0.354 e. The minimum absolute atomic E-state index is 0.0307. The van der Waals surface area contributed by atoms with Gasteiger partial charge in [-0.3, -0.25) is 9.69 Å². The second-order valence-electron chi connectivity index (χ2n) is 5.88. The van der Waals surface area contributed by atoms with Crippen molar-refractivity contribution < 1.29 is 9.18 Å². The molecule has 120 valence electrons. The van der Waals surface area contributed by atoms with E-state index >= 15 is 0 Å². The Morgan fingerprint density at radius 3 is 2.65 bits per heavy atom. The molecule has 0 bridgehead atoms. The van der Waals surface area contributed by atoms with E-state index in [1.807, 2.05) is 18.2 Å². The maximum Gasteiger partial charge on any atom is 0.176 e. The molecule has 0 amide bonds. The maximum atomic E-state index is 12.9. The molecule has 1 aromatic carbocycles. The first-order valence-corrected chi connectivity index (χ1v) is 7.82. The second kappa shape index (κ2) is 6.87. The summed E-state index contributed by atoms with van der Waals surface area (Å²) in [5, 5.41) is 0. The number of ketones is 1. The monoisotopic (exact) mass is 313 g/mol. The normalized spacial score (nSPS) is 18.9. The number of nitrogens with zero attached hydrogens (tertiary/aromatic N) is 3. The van der Waals surface area contributed by atoms with E-state index < -0.39 is 0 Å². The molecule has 1 saturated heterocycles. The first-order chi connectivity index (χ1) is 11.1. The lowest BCUT2D eigenvalue weighted by Crippen LogP contribution is -2.53. The molecule has 1 atom stereocenters. The van der Waals surface area contributed by atoms with Gasteiger partial charge in [-0.25, -0.2) is 9.37 Å². The van der Waals surface area contributed by atoms with Gasteiger partial charge in [-0.15, -0.1) is 0 Å². The number of halogens is 1. The maximum absolute atomic E-state index is 12.9. The van der Waals surface area contributed by atoms with Crippen LogP contribution in [0.4, 0.5) is 10.2 Å². The molecular weight excluding hydrogens is 293 g/mol. The van der Waals surface area contributed by atoms with Gasteiger partial charge in [-0.05, 0) is 43.3 Å². The Kier molecular flexibility index (Phi) is 4.67. The smallest absolute Gasteiger partial charge is 0.176 e. The lowest BCUT2D eigenvalue weighted by Gasteiger charge is -2.40. The molecule has 1 fully saturated rings. The highest BCUT2D eigenvalue weighted by atomic mass is 19.1. The highest BCUT2D eigenvalue weighted by Crippen LogP contribution is 2.17. The van der Waals surface area contributed by atoms with Gasteiger partial charge in [0.25, 0.3) is 0 Å². The van der Waals surface area contributed by atoms with Crippen molar-refractivity contribution in [1.29, 1.82) is 0 Å². The van der Waals surface area contributed by atoms with Crippen molar-refractivity contribution in [3.8, 4) is 0 Å². The van der Waals surface area contributed by atoms with Crippen LogP contribution in [0.25, 0.3) is 0 Å². The lowest BCUT2D eigenvalue weighted by molar-refractivity contribution is 0.0887. The second-order valence-corrected chi connectivity index (χ2v) is 5.88. The fraction of sp³-hybridized carbons (Fsp3) is 0.333. The molecule has 0 N–H and O–H groups in total. The van der Waals surface area contributed by atoms with E-state index in [4.69, 9.17) is 0 Å². The van der Waals surface area contributed by atoms with Gasteiger partial charge < -0.3 is 4.90 Å². The summed E-state index contributed by atoms with van der Waals surface area (Å²) >= 11 is 0. The molecule has 0 saturated carbocycles. The van der Waals surface area contributed by atoms with Crippen molar-refractivity contribution in [2.75, 3.05) is 31.1 Å². The number of carbonyl (C=O) groups is 1. The number of Topliss-reactive ketones (excluding diaryl/α,β-unsaturated/α-hetero) is 1. The summed E-state index contributed by atoms with van der Waals surface area (Å²) in [6, 6.07) is 11.9. The number of aromatic nitrogens is 1. The molecule has 1 aromatic heterocycles. The average molecular weight is 313 g/mol. The first kappa shape index (κ1) is 15.6. The van der Waals surface area contributed by atoms with E-state index in [2.05, 4.69) is 21.7 Å². The number of carbonyl (C=O) groups excluding carboxylic acids is 1. The number of benzene rings is 1. The van der Waals surface area contributed by atoms with E-state index in [0.29, 0.717) is 12.1 Å². The van der Waals surface area contributed by atoms with Crippen LogP contribution >= 0.6 is 0 Å². The van der Waals surface area contributed by atoms with Gasteiger partial charge >= 0.3 is 0 Å². The summed E-state index contributed by atoms with van der Waals surface area (Å²) in [5.74, 6) is 0.686. The molecule has 23 heavy (non-hydrogen) atoms. The third-order valence-electron chi connectivity index (χ3n) is 4.25. The zero-order valence-corrected chi connectivity index (χ0v) is 13.2. The van der Waals surface area contributed by atoms with Crippen LogP contribution in [-0.2, 0) is 0 Å². The molecule has 0 unspecified atom stereocenters. The number of pyridine rings is 1. The number of hydrogen-bond acceptors (Lipinski definition) is 4. The van der Waals surface area contributed by atoms with Gasteiger partial charge in [0.15, 0.2) is 5.78 Å². The molecule has 4 nitrogen and oxygen atoms in total. The van der Waals surface area contributed by atoms with Crippen molar-refractivity contribution in [2.45, 2.75) is 13.0 Å². The van der Waals surface area contributed by atoms with E-state index in [-0.39, 0.29) is 17.6 Å². The van der Waals surface area contributed by atoms with Crippen molar-refractivity contribution in [3.05, 3.63) is 60.0 Å². The van der Waals surface area contributed by atoms with Crippen LogP contribution in [0.3, 0.4) is 0 Å². The van der Waals surface area contributed by atoms with Gasteiger partial charge in [-0.1, -0.05) is 6.07 Å². The molecule has 3 rings (SSSR count). The third-order valence-corrected chi connectivity index (χ3v) is 4.25. The molecule has 0 spiro atoms. The molecule has 1 aliphatic heterocycles. The van der Waals surface area contributed by atoms with Crippen molar-refractivity contribution in [3.63, 3.8) is 0 Å². The van der Waals surface area contributed by atoms with Gasteiger partial charge in [0.2, 0.25) is 0 Å². The van der Waals surface area contributed by atoms with Crippen LogP contribution in [0.2, 0.25) is 0 Å². The predicted octanol–water partition coefficient (Wildman–Crippen LogP) is 2.61. The van der Waals surface area contributed by atoms with Crippen LogP contribution in [0.1, 0.15) is 17.3 Å². The standard InChI is InChI=1S/C18H20FN3O/c1-14-12-22(18-4-2-3-9-20-18)11-10-21(14)13-17(23)15-5-7-16(19)8-6-15/h2-9,14H,10-13H2,1H3/t14-/m0/s1. The van der Waals surface area contributed by atoms with Gasteiger partial charge in [0, 0.05) is 37.4 Å². The number of piperazine rings is 1. The van der Waals surface area contributed by atoms with Crippen LogP contribution < -0.4 is 4.90 Å². The summed E-state index contributed by atoms with van der Waals surface area (Å²) in [4.78, 5) is 21.1. The fourth-order valence-corrected chi connectivity index (χ4v) is 2.89. The zero-order chi connectivity index (χ0) is 16.2. The van der Waals surface area contributed by atoms with Crippen LogP contribution in [0.5, 0.6) is 0 Å². The summed E-state index contributed by atoms with van der Waals surface area (Å²) in [6.07, 6.45) is 1.80. The third kappa shape index (κ3) is 3.74. The topological polar surface area (TPSA) is 36.4 Å². The summed E-state index contributed by atoms with van der Waals surface area (Å²) in [5.41, 5.74) is 0.561. The van der Waals surface area contributed by atoms with Crippen LogP contribution in [0, 0.1) is 5.82 Å². The molecular formula is C18H20FN3O. The predicted molar refractivity (Wildman–Crippen MR) is 88.2 cm³/mol. The van der Waals surface area contributed by atoms with Crippen molar-refractivity contribution in [2.24, 2.45) is 0 Å². The SMILES string of the molecule is C[C@H]1CN(c2ccccn2)CCN1CC(=O)c1ccc(F)cc1.